The molecular weight excluding hydrogens is 391 g/mol. The summed E-state index contributed by atoms with van der Waals surface area (Å²) in [5.74, 6) is 0.562. The van der Waals surface area contributed by atoms with Gasteiger partial charge in [-0.25, -0.2) is 0 Å². The average Bonchev–Trinajstić information content (AvgIpc) is 1.59. The zero-order valence-corrected chi connectivity index (χ0v) is 13.9. The van der Waals surface area contributed by atoms with Crippen LogP contribution in [0.3, 0.4) is 0 Å². The average molecular weight is 413 g/mol. The van der Waals surface area contributed by atoms with E-state index in [1.165, 1.54) is 12.8 Å². The Labute approximate surface area is 102 Å². The van der Waals surface area contributed by atoms with Gasteiger partial charge in [0.1, 0.15) is 0 Å². The van der Waals surface area contributed by atoms with Crippen molar-refractivity contribution in [2.75, 3.05) is 19.5 Å². The van der Waals surface area contributed by atoms with Gasteiger partial charge in [-0.3, -0.25) is 0 Å². The maximum Gasteiger partial charge on any atom is 2.00 e. The number of rotatable bonds is 4. The van der Waals surface area contributed by atoms with Gasteiger partial charge >= 0.3 is 31.1 Å². The predicted molar refractivity (Wildman–Crippen MR) is 56.5 cm³/mol. The van der Waals surface area contributed by atoms with E-state index in [0.717, 1.165) is 6.16 Å². The summed E-state index contributed by atoms with van der Waals surface area (Å²) in [6.07, 6.45) is 3.48. The molecular formula is C9H22NPU. The first kappa shape index (κ1) is 19.0. The molecule has 0 aromatic carbocycles. The van der Waals surface area contributed by atoms with Gasteiger partial charge in [-0.15, -0.1) is 0 Å². The molecule has 1 atom stereocenters. The molecule has 1 N–H and O–H groups in total. The van der Waals surface area contributed by atoms with Crippen molar-refractivity contribution in [2.24, 2.45) is 5.92 Å². The van der Waals surface area contributed by atoms with E-state index in [2.05, 4.69) is 27.2 Å². The summed E-state index contributed by atoms with van der Waals surface area (Å²) in [5.41, 5.74) is 0. The Hall–Kier alpha value is 1.28. The molecule has 0 amide bonds. The monoisotopic (exact) mass is 413 g/mol. The molecule has 0 aliphatic heterocycles. The van der Waals surface area contributed by atoms with Crippen molar-refractivity contribution in [2.45, 2.75) is 19.8 Å². The van der Waals surface area contributed by atoms with Gasteiger partial charge in [-0.2, -0.15) is 5.92 Å². The molecule has 0 aliphatic carbocycles. The summed E-state index contributed by atoms with van der Waals surface area (Å²) in [7, 11) is -1.25. The number of hydrogen-bond acceptors (Lipinski definition) is 1. The topological polar surface area (TPSA) is 23.9 Å². The zero-order valence-electron chi connectivity index (χ0n) is 8.85. The van der Waals surface area contributed by atoms with Crippen molar-refractivity contribution in [3.63, 3.8) is 0 Å². The Morgan fingerprint density at radius 3 is 2.08 bits per heavy atom. The van der Waals surface area contributed by atoms with Gasteiger partial charge in [0, 0.05) is 0 Å². The molecule has 0 saturated carbocycles. The molecule has 0 spiro atoms. The SMILES string of the molecule is [CH2-]C(C)CCCP(C)(C)=N.[CH3-].[U+2]. The largest absolute Gasteiger partial charge is 2.00 e. The Morgan fingerprint density at radius 2 is 1.83 bits per heavy atom. The number of nitrogens with one attached hydrogen (secondary N) is 1. The second-order valence-corrected chi connectivity index (χ2v) is 7.47. The summed E-state index contributed by atoms with van der Waals surface area (Å²) in [6, 6.07) is 0. The quantitative estimate of drug-likeness (QED) is 0.537. The minimum absolute atomic E-state index is 0. The van der Waals surface area contributed by atoms with Crippen molar-refractivity contribution in [3.8, 4) is 0 Å². The van der Waals surface area contributed by atoms with Crippen LogP contribution >= 0.6 is 7.05 Å². The molecule has 0 aromatic rings. The van der Waals surface area contributed by atoms with E-state index in [-0.39, 0.29) is 38.5 Å². The van der Waals surface area contributed by atoms with Crippen molar-refractivity contribution in [1.82, 2.24) is 0 Å². The van der Waals surface area contributed by atoms with Crippen molar-refractivity contribution in [3.05, 3.63) is 14.4 Å². The van der Waals surface area contributed by atoms with Gasteiger partial charge < -0.3 is 19.5 Å². The van der Waals surface area contributed by atoms with Crippen LogP contribution in [0.15, 0.2) is 0 Å². The zero-order chi connectivity index (χ0) is 8.20. The van der Waals surface area contributed by atoms with Crippen LogP contribution in [-0.4, -0.2) is 19.5 Å². The molecule has 0 fully saturated rings. The predicted octanol–water partition coefficient (Wildman–Crippen LogP) is 3.73. The van der Waals surface area contributed by atoms with Crippen LogP contribution in [0.5, 0.6) is 0 Å². The molecule has 0 bridgehead atoms. The first-order valence-corrected chi connectivity index (χ1v) is 6.70. The van der Waals surface area contributed by atoms with Gasteiger partial charge in [-0.05, 0) is 26.5 Å². The van der Waals surface area contributed by atoms with Crippen LogP contribution in [0.1, 0.15) is 19.8 Å². The second-order valence-electron chi connectivity index (χ2n) is 3.66. The summed E-state index contributed by atoms with van der Waals surface area (Å²) in [6.45, 7) is 10.2. The maximum absolute atomic E-state index is 7.67. The molecule has 12 heavy (non-hydrogen) atoms. The van der Waals surface area contributed by atoms with Gasteiger partial charge in [0.25, 0.3) is 0 Å². The first-order chi connectivity index (χ1) is 4.42. The fourth-order valence-corrected chi connectivity index (χ4v) is 1.81. The van der Waals surface area contributed by atoms with Crippen LogP contribution in [0.4, 0.5) is 0 Å². The maximum atomic E-state index is 7.67. The fourth-order valence-electron chi connectivity index (χ4n) is 0.835. The van der Waals surface area contributed by atoms with Crippen LogP contribution in [0.2, 0.25) is 0 Å². The third-order valence-corrected chi connectivity index (χ3v) is 2.85. The summed E-state index contributed by atoms with van der Waals surface area (Å²) < 4.78 is 0. The third kappa shape index (κ3) is 17.4. The van der Waals surface area contributed by atoms with Crippen LogP contribution in [0, 0.1) is 56.5 Å². The molecule has 3 heteroatoms. The summed E-state index contributed by atoms with van der Waals surface area (Å²) in [4.78, 5) is 0. The minimum atomic E-state index is -1.25. The van der Waals surface area contributed by atoms with E-state index >= 15 is 0 Å². The molecule has 0 rings (SSSR count). The normalized spacial score (nSPS) is 12.7. The smallest absolute Gasteiger partial charge is 0.358 e. The van der Waals surface area contributed by atoms with E-state index in [1.807, 2.05) is 0 Å². The van der Waals surface area contributed by atoms with Crippen molar-refractivity contribution >= 4 is 7.05 Å². The fraction of sp³-hybridized carbons (Fsp3) is 0.778. The molecule has 0 aliphatic rings. The van der Waals surface area contributed by atoms with Gasteiger partial charge in [-0.1, -0.05) is 19.8 Å². The molecule has 72 valence electrons. The Kier molecular flexibility index (Phi) is 14.0. The second kappa shape index (κ2) is 8.86. The van der Waals surface area contributed by atoms with E-state index in [4.69, 9.17) is 5.16 Å². The summed E-state index contributed by atoms with van der Waals surface area (Å²) in [5, 5.41) is 7.67. The van der Waals surface area contributed by atoms with E-state index < -0.39 is 7.05 Å². The number of hydrogen-bond donors (Lipinski definition) is 1. The van der Waals surface area contributed by atoms with E-state index in [0.29, 0.717) is 5.92 Å². The van der Waals surface area contributed by atoms with Crippen LogP contribution < -0.4 is 0 Å². The summed E-state index contributed by atoms with van der Waals surface area (Å²) >= 11 is 0. The third-order valence-electron chi connectivity index (χ3n) is 1.41. The first-order valence-electron chi connectivity index (χ1n) is 3.83. The Bertz CT molecular complexity index is 128. The Balaban J connectivity index is -0.000000405. The van der Waals surface area contributed by atoms with Crippen molar-refractivity contribution < 1.29 is 31.1 Å². The molecule has 0 radical (unpaired) electrons. The molecule has 1 nitrogen and oxygen atoms in total. The van der Waals surface area contributed by atoms with Gasteiger partial charge in [0.2, 0.25) is 0 Å². The van der Waals surface area contributed by atoms with Gasteiger partial charge in [0.05, 0.1) is 0 Å². The molecule has 0 aromatic heterocycles. The molecule has 0 saturated heterocycles. The van der Waals surface area contributed by atoms with Crippen LogP contribution in [-0.2, 0) is 0 Å². The Morgan fingerprint density at radius 1 is 1.42 bits per heavy atom. The van der Waals surface area contributed by atoms with Gasteiger partial charge in [0.15, 0.2) is 0 Å². The van der Waals surface area contributed by atoms with Crippen LogP contribution in [0.25, 0.3) is 0 Å². The van der Waals surface area contributed by atoms with E-state index in [1.54, 1.807) is 0 Å². The standard InChI is InChI=1S/C8H19NP.CH3.U/c1-8(2)6-5-7-10(3,4)9;;/h8-9H,1,5-7H2,2-4H3;1H3;/q2*-1;+2. The molecule has 0 heterocycles. The van der Waals surface area contributed by atoms with E-state index in [9.17, 15) is 0 Å². The minimum Gasteiger partial charge on any atom is -0.358 e. The van der Waals surface area contributed by atoms with Crippen molar-refractivity contribution in [1.29, 1.82) is 5.16 Å². The molecule has 1 unspecified atom stereocenters.